The molecule has 0 aromatic heterocycles. The van der Waals surface area contributed by atoms with Crippen molar-refractivity contribution in [1.82, 2.24) is 10.2 Å². The van der Waals surface area contributed by atoms with Crippen molar-refractivity contribution >= 4 is 5.91 Å². The van der Waals surface area contributed by atoms with Gasteiger partial charge in [-0.1, -0.05) is 13.8 Å². The number of nitrogens with zero attached hydrogens (tertiary/aromatic N) is 1. The second kappa shape index (κ2) is 5.64. The molecule has 94 valence electrons. The minimum atomic E-state index is -0.334. The number of amides is 1. The standard InChI is InChI=1S/C12H25N3O/c1-12(2,5-6-13)11(16)14-8-10-4-7-15(3)9-10/h10H,4-9,13H2,1-3H3,(H,14,16). The fourth-order valence-electron chi connectivity index (χ4n) is 2.14. The zero-order valence-electron chi connectivity index (χ0n) is 10.8. The maximum atomic E-state index is 11.9. The van der Waals surface area contributed by atoms with E-state index >= 15 is 0 Å². The van der Waals surface area contributed by atoms with E-state index in [-0.39, 0.29) is 11.3 Å². The third kappa shape index (κ3) is 3.76. The van der Waals surface area contributed by atoms with Crippen molar-refractivity contribution in [2.75, 3.05) is 33.2 Å². The van der Waals surface area contributed by atoms with E-state index < -0.39 is 0 Å². The predicted octanol–water partition coefficient (Wildman–Crippen LogP) is 0.429. The first kappa shape index (κ1) is 13.5. The van der Waals surface area contributed by atoms with E-state index in [0.29, 0.717) is 12.5 Å². The summed E-state index contributed by atoms with van der Waals surface area (Å²) in [5.74, 6) is 0.745. The largest absolute Gasteiger partial charge is 0.355 e. The quantitative estimate of drug-likeness (QED) is 0.716. The molecular formula is C12H25N3O. The smallest absolute Gasteiger partial charge is 0.225 e. The van der Waals surface area contributed by atoms with Gasteiger partial charge < -0.3 is 16.0 Å². The molecule has 0 spiro atoms. The molecule has 0 aromatic carbocycles. The van der Waals surface area contributed by atoms with Crippen LogP contribution in [0.3, 0.4) is 0 Å². The van der Waals surface area contributed by atoms with E-state index in [1.807, 2.05) is 13.8 Å². The average Bonchev–Trinajstić information content (AvgIpc) is 2.60. The predicted molar refractivity (Wildman–Crippen MR) is 66.1 cm³/mol. The number of rotatable bonds is 5. The molecule has 0 aromatic rings. The molecule has 1 aliphatic heterocycles. The van der Waals surface area contributed by atoms with E-state index in [4.69, 9.17) is 5.73 Å². The van der Waals surface area contributed by atoms with Crippen molar-refractivity contribution in [3.05, 3.63) is 0 Å². The summed E-state index contributed by atoms with van der Waals surface area (Å²) in [6, 6.07) is 0. The molecule has 16 heavy (non-hydrogen) atoms. The Bertz CT molecular complexity index is 240. The van der Waals surface area contributed by atoms with E-state index in [2.05, 4.69) is 17.3 Å². The Labute approximate surface area is 98.6 Å². The molecule has 0 saturated carbocycles. The zero-order chi connectivity index (χ0) is 12.2. The first-order valence-electron chi connectivity index (χ1n) is 6.12. The third-order valence-corrected chi connectivity index (χ3v) is 3.42. The second-order valence-electron chi connectivity index (χ2n) is 5.55. The summed E-state index contributed by atoms with van der Waals surface area (Å²) in [4.78, 5) is 14.2. The van der Waals surface area contributed by atoms with Gasteiger partial charge >= 0.3 is 0 Å². The van der Waals surface area contributed by atoms with Gasteiger partial charge in [0.15, 0.2) is 0 Å². The lowest BCUT2D eigenvalue weighted by Crippen LogP contribution is -2.40. The van der Waals surface area contributed by atoms with Crippen LogP contribution in [0.4, 0.5) is 0 Å². The number of hydrogen-bond acceptors (Lipinski definition) is 3. The molecule has 4 heteroatoms. The second-order valence-corrected chi connectivity index (χ2v) is 5.55. The highest BCUT2D eigenvalue weighted by atomic mass is 16.2. The molecule has 3 N–H and O–H groups in total. The van der Waals surface area contributed by atoms with Crippen molar-refractivity contribution in [2.24, 2.45) is 17.1 Å². The van der Waals surface area contributed by atoms with Crippen LogP contribution in [0.5, 0.6) is 0 Å². The van der Waals surface area contributed by atoms with E-state index in [1.165, 1.54) is 6.42 Å². The number of likely N-dealkylation sites (tertiary alicyclic amines) is 1. The lowest BCUT2D eigenvalue weighted by molar-refractivity contribution is -0.129. The molecule has 4 nitrogen and oxygen atoms in total. The Balaban J connectivity index is 2.29. The molecule has 1 fully saturated rings. The maximum Gasteiger partial charge on any atom is 0.225 e. The van der Waals surface area contributed by atoms with Crippen LogP contribution in [0, 0.1) is 11.3 Å². The molecule has 1 aliphatic rings. The van der Waals surface area contributed by atoms with E-state index in [0.717, 1.165) is 26.1 Å². The van der Waals surface area contributed by atoms with Crippen LogP contribution >= 0.6 is 0 Å². The zero-order valence-corrected chi connectivity index (χ0v) is 10.8. The van der Waals surface area contributed by atoms with Gasteiger partial charge in [0.1, 0.15) is 0 Å². The van der Waals surface area contributed by atoms with Gasteiger partial charge in [0.2, 0.25) is 5.91 Å². The van der Waals surface area contributed by atoms with Gasteiger partial charge in [-0.25, -0.2) is 0 Å². The molecule has 0 bridgehead atoms. The van der Waals surface area contributed by atoms with E-state index in [9.17, 15) is 4.79 Å². The highest BCUT2D eigenvalue weighted by Gasteiger charge is 2.27. The Kier molecular flexibility index (Phi) is 4.74. The topological polar surface area (TPSA) is 58.4 Å². The van der Waals surface area contributed by atoms with Gasteiger partial charge in [-0.2, -0.15) is 0 Å². The number of carbonyl (C=O) groups is 1. The van der Waals surface area contributed by atoms with Crippen LogP contribution in [0.25, 0.3) is 0 Å². The SMILES string of the molecule is CN1CCC(CNC(=O)C(C)(C)CCN)C1. The number of carbonyl (C=O) groups excluding carboxylic acids is 1. The molecule has 1 atom stereocenters. The van der Waals surface area contributed by atoms with Gasteiger partial charge in [-0.05, 0) is 38.9 Å². The normalized spacial score (nSPS) is 22.4. The Morgan fingerprint density at radius 2 is 2.25 bits per heavy atom. The summed E-state index contributed by atoms with van der Waals surface area (Å²) in [6.45, 7) is 7.51. The Hall–Kier alpha value is -0.610. The molecule has 1 heterocycles. The fraction of sp³-hybridized carbons (Fsp3) is 0.917. The summed E-state index contributed by atoms with van der Waals surface area (Å²) >= 11 is 0. The van der Waals surface area contributed by atoms with Crippen molar-refractivity contribution < 1.29 is 4.79 Å². The summed E-state index contributed by atoms with van der Waals surface area (Å²) in [6.07, 6.45) is 1.93. The van der Waals surface area contributed by atoms with Crippen LogP contribution in [-0.2, 0) is 4.79 Å². The van der Waals surface area contributed by atoms with Crippen molar-refractivity contribution in [2.45, 2.75) is 26.7 Å². The van der Waals surface area contributed by atoms with Gasteiger partial charge in [-0.3, -0.25) is 4.79 Å². The first-order valence-corrected chi connectivity index (χ1v) is 6.12. The van der Waals surface area contributed by atoms with Crippen molar-refractivity contribution in [3.8, 4) is 0 Å². The van der Waals surface area contributed by atoms with E-state index in [1.54, 1.807) is 0 Å². The number of nitrogens with one attached hydrogen (secondary N) is 1. The number of nitrogens with two attached hydrogens (primary N) is 1. The third-order valence-electron chi connectivity index (χ3n) is 3.42. The summed E-state index contributed by atoms with van der Waals surface area (Å²) in [5.41, 5.74) is 5.17. The minimum absolute atomic E-state index is 0.132. The van der Waals surface area contributed by atoms with Crippen LogP contribution in [0.1, 0.15) is 26.7 Å². The molecular weight excluding hydrogens is 202 g/mol. The first-order chi connectivity index (χ1) is 7.45. The molecule has 0 aliphatic carbocycles. The molecule has 1 saturated heterocycles. The monoisotopic (exact) mass is 227 g/mol. The highest BCUT2D eigenvalue weighted by molar-refractivity contribution is 5.81. The number of hydrogen-bond donors (Lipinski definition) is 2. The van der Waals surface area contributed by atoms with Crippen LogP contribution in [-0.4, -0.2) is 44.0 Å². The summed E-state index contributed by atoms with van der Waals surface area (Å²) < 4.78 is 0. The van der Waals surface area contributed by atoms with Crippen LogP contribution in [0.15, 0.2) is 0 Å². The molecule has 1 rings (SSSR count). The Morgan fingerprint density at radius 3 is 2.75 bits per heavy atom. The molecule has 0 radical (unpaired) electrons. The van der Waals surface area contributed by atoms with Gasteiger partial charge in [-0.15, -0.1) is 0 Å². The van der Waals surface area contributed by atoms with Crippen LogP contribution in [0.2, 0.25) is 0 Å². The average molecular weight is 227 g/mol. The fourth-order valence-corrected chi connectivity index (χ4v) is 2.14. The van der Waals surface area contributed by atoms with Crippen LogP contribution < -0.4 is 11.1 Å². The van der Waals surface area contributed by atoms with Crippen molar-refractivity contribution in [1.29, 1.82) is 0 Å². The maximum absolute atomic E-state index is 11.9. The molecule has 1 amide bonds. The summed E-state index contributed by atoms with van der Waals surface area (Å²) in [7, 11) is 2.13. The Morgan fingerprint density at radius 1 is 1.56 bits per heavy atom. The summed E-state index contributed by atoms with van der Waals surface area (Å²) in [5, 5.41) is 3.05. The lowest BCUT2D eigenvalue weighted by Gasteiger charge is -2.23. The molecule has 1 unspecified atom stereocenters. The minimum Gasteiger partial charge on any atom is -0.355 e. The van der Waals surface area contributed by atoms with Gasteiger partial charge in [0.05, 0.1) is 0 Å². The highest BCUT2D eigenvalue weighted by Crippen LogP contribution is 2.20. The lowest BCUT2D eigenvalue weighted by atomic mass is 9.88. The van der Waals surface area contributed by atoms with Gasteiger partial charge in [0.25, 0.3) is 0 Å². The van der Waals surface area contributed by atoms with Gasteiger partial charge in [0, 0.05) is 18.5 Å². The van der Waals surface area contributed by atoms with Crippen molar-refractivity contribution in [3.63, 3.8) is 0 Å².